The molecule has 0 radical (unpaired) electrons. The van der Waals surface area contributed by atoms with Gasteiger partial charge in [-0.3, -0.25) is 4.90 Å². The maximum Gasteiger partial charge on any atom is 0.119 e. The van der Waals surface area contributed by atoms with Crippen LogP contribution in [0.5, 0.6) is 5.75 Å². The van der Waals surface area contributed by atoms with Gasteiger partial charge >= 0.3 is 0 Å². The summed E-state index contributed by atoms with van der Waals surface area (Å²) in [4.78, 5) is 3.71. The number of hydrogen-bond acceptors (Lipinski definition) is 3. The fourth-order valence-electron chi connectivity index (χ4n) is 1.76. The van der Waals surface area contributed by atoms with E-state index in [1.54, 1.807) is 11.3 Å². The molecule has 1 unspecified atom stereocenters. The number of thiophene rings is 1. The van der Waals surface area contributed by atoms with Gasteiger partial charge in [0.25, 0.3) is 0 Å². The normalized spacial score (nSPS) is 12.6. The molecule has 0 amide bonds. The first kappa shape index (κ1) is 13.1. The number of benzene rings is 1. The minimum absolute atomic E-state index is 0.448. The summed E-state index contributed by atoms with van der Waals surface area (Å²) in [5.74, 6) is 0.940. The summed E-state index contributed by atoms with van der Waals surface area (Å²) in [5.41, 5.74) is 0. The molecule has 1 aromatic carbocycles. The fraction of sp³-hybridized carbons (Fsp3) is 0.333. The third-order valence-electron chi connectivity index (χ3n) is 3.07. The van der Waals surface area contributed by atoms with Gasteiger partial charge in [0.05, 0.1) is 0 Å². The molecule has 1 aromatic heterocycles. The molecule has 0 aliphatic rings. The molecular weight excluding hydrogens is 242 g/mol. The van der Waals surface area contributed by atoms with Crippen molar-refractivity contribution in [3.63, 3.8) is 0 Å². The smallest absolute Gasteiger partial charge is 0.119 e. The summed E-state index contributed by atoms with van der Waals surface area (Å²) in [6, 6.07) is 14.7. The lowest BCUT2D eigenvalue weighted by Crippen LogP contribution is -2.26. The van der Waals surface area contributed by atoms with Crippen LogP contribution in [0.4, 0.5) is 0 Å². The van der Waals surface area contributed by atoms with E-state index in [2.05, 4.69) is 36.4 Å². The first-order chi connectivity index (χ1) is 8.77. The second-order valence-electron chi connectivity index (χ2n) is 4.33. The molecule has 0 saturated heterocycles. The van der Waals surface area contributed by atoms with E-state index < -0.39 is 0 Å². The van der Waals surface area contributed by atoms with Gasteiger partial charge in [-0.25, -0.2) is 0 Å². The summed E-state index contributed by atoms with van der Waals surface area (Å²) in [5, 5.41) is 2.13. The van der Waals surface area contributed by atoms with Crippen molar-refractivity contribution < 1.29 is 4.74 Å². The highest BCUT2D eigenvalue weighted by Crippen LogP contribution is 2.22. The van der Waals surface area contributed by atoms with Crippen molar-refractivity contribution in [3.05, 3.63) is 52.7 Å². The Labute approximate surface area is 113 Å². The molecule has 0 aliphatic heterocycles. The van der Waals surface area contributed by atoms with Crippen LogP contribution in [0, 0.1) is 0 Å². The number of hydrogen-bond donors (Lipinski definition) is 0. The number of para-hydroxylation sites is 1. The highest BCUT2D eigenvalue weighted by molar-refractivity contribution is 7.10. The Morgan fingerprint density at radius 2 is 1.94 bits per heavy atom. The Bertz CT molecular complexity index is 441. The van der Waals surface area contributed by atoms with Gasteiger partial charge in [-0.15, -0.1) is 11.3 Å². The quantitative estimate of drug-likeness (QED) is 0.784. The van der Waals surface area contributed by atoms with E-state index in [9.17, 15) is 0 Å². The molecule has 2 aromatic rings. The molecular formula is C15H19NOS. The average molecular weight is 261 g/mol. The van der Waals surface area contributed by atoms with E-state index in [0.717, 1.165) is 18.9 Å². The molecule has 0 N–H and O–H groups in total. The molecule has 0 aliphatic carbocycles. The zero-order valence-electron chi connectivity index (χ0n) is 10.9. The van der Waals surface area contributed by atoms with Crippen LogP contribution in [-0.2, 0) is 0 Å². The Balaban J connectivity index is 1.77. The lowest BCUT2D eigenvalue weighted by molar-refractivity contribution is 0.203. The summed E-state index contributed by atoms with van der Waals surface area (Å²) in [6.45, 7) is 3.87. The summed E-state index contributed by atoms with van der Waals surface area (Å²) in [7, 11) is 2.14. The molecule has 2 rings (SSSR count). The van der Waals surface area contributed by atoms with Crippen molar-refractivity contribution in [2.24, 2.45) is 0 Å². The monoisotopic (exact) mass is 261 g/mol. The molecule has 0 saturated carbocycles. The standard InChI is InChI=1S/C15H19NOS/c1-13(15-9-6-12-18-15)16(2)10-11-17-14-7-4-3-5-8-14/h3-9,12-13H,10-11H2,1-2H3. The van der Waals surface area contributed by atoms with Gasteiger partial charge in [0.1, 0.15) is 12.4 Å². The van der Waals surface area contributed by atoms with Crippen molar-refractivity contribution in [2.45, 2.75) is 13.0 Å². The average Bonchev–Trinajstić information content (AvgIpc) is 2.93. The second-order valence-corrected chi connectivity index (χ2v) is 5.31. The van der Waals surface area contributed by atoms with E-state index in [0.29, 0.717) is 6.04 Å². The van der Waals surface area contributed by atoms with E-state index in [1.165, 1.54) is 4.88 Å². The minimum atomic E-state index is 0.448. The Hall–Kier alpha value is -1.32. The van der Waals surface area contributed by atoms with Gasteiger partial charge in [0.15, 0.2) is 0 Å². The van der Waals surface area contributed by atoms with Crippen LogP contribution < -0.4 is 4.74 Å². The molecule has 96 valence electrons. The molecule has 0 spiro atoms. The first-order valence-corrected chi connectivity index (χ1v) is 7.07. The van der Waals surface area contributed by atoms with E-state index in [1.807, 2.05) is 30.3 Å². The molecule has 0 fully saturated rings. The molecule has 18 heavy (non-hydrogen) atoms. The number of nitrogens with zero attached hydrogens (tertiary/aromatic N) is 1. The zero-order chi connectivity index (χ0) is 12.8. The van der Waals surface area contributed by atoms with Crippen LogP contribution in [0.15, 0.2) is 47.8 Å². The molecule has 1 heterocycles. The van der Waals surface area contributed by atoms with Gasteiger partial charge < -0.3 is 4.74 Å². The summed E-state index contributed by atoms with van der Waals surface area (Å²) in [6.07, 6.45) is 0. The lowest BCUT2D eigenvalue weighted by atomic mass is 10.2. The predicted molar refractivity (Wildman–Crippen MR) is 77.3 cm³/mol. The lowest BCUT2D eigenvalue weighted by Gasteiger charge is -2.23. The summed E-state index contributed by atoms with van der Waals surface area (Å²) < 4.78 is 5.71. The zero-order valence-corrected chi connectivity index (χ0v) is 11.7. The van der Waals surface area contributed by atoms with Gasteiger partial charge in [-0.05, 0) is 37.6 Å². The fourth-order valence-corrected chi connectivity index (χ4v) is 2.61. The minimum Gasteiger partial charge on any atom is -0.492 e. The van der Waals surface area contributed by atoms with Crippen LogP contribution in [0.3, 0.4) is 0 Å². The molecule has 2 nitrogen and oxygen atoms in total. The van der Waals surface area contributed by atoms with Crippen LogP contribution >= 0.6 is 11.3 Å². The first-order valence-electron chi connectivity index (χ1n) is 6.19. The van der Waals surface area contributed by atoms with Crippen molar-refractivity contribution in [1.82, 2.24) is 4.90 Å². The molecule has 1 atom stereocenters. The Morgan fingerprint density at radius 1 is 1.17 bits per heavy atom. The highest BCUT2D eigenvalue weighted by atomic mass is 32.1. The summed E-state index contributed by atoms with van der Waals surface area (Å²) >= 11 is 1.81. The largest absolute Gasteiger partial charge is 0.492 e. The maximum absolute atomic E-state index is 5.71. The van der Waals surface area contributed by atoms with Gasteiger partial charge in [-0.2, -0.15) is 0 Å². The van der Waals surface area contributed by atoms with Crippen LogP contribution in [0.25, 0.3) is 0 Å². The molecule has 3 heteroatoms. The van der Waals surface area contributed by atoms with E-state index in [-0.39, 0.29) is 0 Å². The van der Waals surface area contributed by atoms with Crippen molar-refractivity contribution in [3.8, 4) is 5.75 Å². The van der Waals surface area contributed by atoms with E-state index in [4.69, 9.17) is 4.74 Å². The third kappa shape index (κ3) is 3.59. The van der Waals surface area contributed by atoms with Gasteiger partial charge in [0, 0.05) is 17.5 Å². The maximum atomic E-state index is 5.71. The molecule has 0 bridgehead atoms. The SMILES string of the molecule is CC(c1cccs1)N(C)CCOc1ccccc1. The van der Waals surface area contributed by atoms with Gasteiger partial charge in [-0.1, -0.05) is 24.3 Å². The Morgan fingerprint density at radius 3 is 2.61 bits per heavy atom. The van der Waals surface area contributed by atoms with Crippen LogP contribution in [0.2, 0.25) is 0 Å². The highest BCUT2D eigenvalue weighted by Gasteiger charge is 2.11. The van der Waals surface area contributed by atoms with Crippen molar-refractivity contribution in [2.75, 3.05) is 20.2 Å². The topological polar surface area (TPSA) is 12.5 Å². The van der Waals surface area contributed by atoms with Crippen LogP contribution in [-0.4, -0.2) is 25.1 Å². The number of ether oxygens (including phenoxy) is 1. The predicted octanol–water partition coefficient (Wildman–Crippen LogP) is 3.82. The number of rotatable bonds is 6. The Kier molecular flexibility index (Phi) is 4.79. The van der Waals surface area contributed by atoms with Crippen molar-refractivity contribution in [1.29, 1.82) is 0 Å². The third-order valence-corrected chi connectivity index (χ3v) is 4.11. The van der Waals surface area contributed by atoms with E-state index >= 15 is 0 Å². The van der Waals surface area contributed by atoms with Gasteiger partial charge in [0.2, 0.25) is 0 Å². The van der Waals surface area contributed by atoms with Crippen LogP contribution in [0.1, 0.15) is 17.8 Å². The van der Waals surface area contributed by atoms with Crippen molar-refractivity contribution >= 4 is 11.3 Å². The number of likely N-dealkylation sites (N-methyl/N-ethyl adjacent to an activating group) is 1. The second kappa shape index (κ2) is 6.57.